The minimum Gasteiger partial charge on any atom is -0.349 e. The standard InChI is InChI=1S/C24H25ClF3N5O/c25-20-11-8-17(24(26,27)28)12-19(20)23(34)31-18-9-6-15(7-10-18)13-29-22(21-14-30-33-32-21)16-4-2-1-3-5-16/h1-5,8,11-12,14-15,18,22,29H,6-7,9-10,13H2,(H,31,34)(H,30,32,33). The maximum Gasteiger partial charge on any atom is 0.416 e. The number of halogens is 4. The molecule has 0 radical (unpaired) electrons. The molecule has 3 aromatic rings. The maximum absolute atomic E-state index is 13.0. The van der Waals surface area contributed by atoms with Crippen molar-refractivity contribution in [2.75, 3.05) is 6.54 Å². The summed E-state index contributed by atoms with van der Waals surface area (Å²) in [7, 11) is 0. The Labute approximate surface area is 200 Å². The highest BCUT2D eigenvalue weighted by molar-refractivity contribution is 6.33. The first-order valence-corrected chi connectivity index (χ1v) is 11.5. The second-order valence-electron chi connectivity index (χ2n) is 8.53. The predicted molar refractivity (Wildman–Crippen MR) is 122 cm³/mol. The van der Waals surface area contributed by atoms with Crippen LogP contribution in [0.2, 0.25) is 5.02 Å². The van der Waals surface area contributed by atoms with Crippen LogP contribution in [0.15, 0.2) is 54.7 Å². The van der Waals surface area contributed by atoms with Crippen LogP contribution in [-0.2, 0) is 6.18 Å². The first-order valence-electron chi connectivity index (χ1n) is 11.1. The SMILES string of the molecule is O=C(NC1CCC(CNC(c2ccccc2)c2cn[nH]n2)CC1)c1cc(C(F)(F)F)ccc1Cl. The molecule has 1 amide bonds. The van der Waals surface area contributed by atoms with E-state index in [9.17, 15) is 18.0 Å². The average molecular weight is 492 g/mol. The van der Waals surface area contributed by atoms with Crippen LogP contribution in [-0.4, -0.2) is 33.9 Å². The minimum absolute atomic E-state index is 0.00296. The van der Waals surface area contributed by atoms with E-state index in [-0.39, 0.29) is 22.7 Å². The van der Waals surface area contributed by atoms with Crippen LogP contribution in [0, 0.1) is 5.92 Å². The van der Waals surface area contributed by atoms with Crippen molar-refractivity contribution in [1.29, 1.82) is 0 Å². The van der Waals surface area contributed by atoms with Gasteiger partial charge in [0.2, 0.25) is 0 Å². The summed E-state index contributed by atoms with van der Waals surface area (Å²) in [4.78, 5) is 12.6. The first-order chi connectivity index (χ1) is 16.3. The number of amides is 1. The molecule has 1 unspecified atom stereocenters. The molecule has 0 aliphatic heterocycles. The summed E-state index contributed by atoms with van der Waals surface area (Å²) in [6, 6.07) is 12.6. The Morgan fingerprint density at radius 3 is 2.50 bits per heavy atom. The molecule has 6 nitrogen and oxygen atoms in total. The zero-order valence-electron chi connectivity index (χ0n) is 18.3. The van der Waals surface area contributed by atoms with Gasteiger partial charge in [0.25, 0.3) is 5.91 Å². The van der Waals surface area contributed by atoms with Crippen molar-refractivity contribution < 1.29 is 18.0 Å². The number of rotatable bonds is 7. The zero-order valence-corrected chi connectivity index (χ0v) is 19.0. The molecular weight excluding hydrogens is 467 g/mol. The fourth-order valence-electron chi connectivity index (χ4n) is 4.32. The molecule has 180 valence electrons. The monoisotopic (exact) mass is 491 g/mol. The van der Waals surface area contributed by atoms with E-state index in [1.54, 1.807) is 6.20 Å². The number of aromatic nitrogens is 3. The third-order valence-electron chi connectivity index (χ3n) is 6.19. The molecule has 3 N–H and O–H groups in total. The summed E-state index contributed by atoms with van der Waals surface area (Å²) in [5.41, 5.74) is 0.857. The molecule has 1 saturated carbocycles. The summed E-state index contributed by atoms with van der Waals surface area (Å²) in [6.07, 6.45) is 0.427. The highest BCUT2D eigenvalue weighted by Gasteiger charge is 2.32. The van der Waals surface area contributed by atoms with Gasteiger partial charge in [-0.3, -0.25) is 4.79 Å². The Hall–Kier alpha value is -2.91. The second-order valence-corrected chi connectivity index (χ2v) is 8.94. The zero-order chi connectivity index (χ0) is 24.1. The van der Waals surface area contributed by atoms with Gasteiger partial charge in [-0.1, -0.05) is 41.9 Å². The lowest BCUT2D eigenvalue weighted by Gasteiger charge is -2.30. The van der Waals surface area contributed by atoms with Crippen LogP contribution in [0.25, 0.3) is 0 Å². The highest BCUT2D eigenvalue weighted by atomic mass is 35.5. The molecule has 1 fully saturated rings. The van der Waals surface area contributed by atoms with E-state index in [0.717, 1.165) is 61.7 Å². The van der Waals surface area contributed by atoms with Crippen LogP contribution in [0.5, 0.6) is 0 Å². The van der Waals surface area contributed by atoms with Crippen molar-refractivity contribution >= 4 is 17.5 Å². The number of aromatic amines is 1. The number of nitrogens with zero attached hydrogens (tertiary/aromatic N) is 2. The highest BCUT2D eigenvalue weighted by Crippen LogP contribution is 2.32. The smallest absolute Gasteiger partial charge is 0.349 e. The summed E-state index contributed by atoms with van der Waals surface area (Å²) in [5, 5.41) is 17.3. The van der Waals surface area contributed by atoms with Gasteiger partial charge < -0.3 is 10.6 Å². The van der Waals surface area contributed by atoms with E-state index >= 15 is 0 Å². The molecule has 1 aliphatic carbocycles. The van der Waals surface area contributed by atoms with Gasteiger partial charge in [-0.25, -0.2) is 0 Å². The molecule has 1 aliphatic rings. The van der Waals surface area contributed by atoms with Crippen LogP contribution in [0.3, 0.4) is 0 Å². The quantitative estimate of drug-likeness (QED) is 0.427. The molecule has 4 rings (SSSR count). The number of nitrogens with one attached hydrogen (secondary N) is 3. The Balaban J connectivity index is 1.31. The predicted octanol–water partition coefficient (Wildman–Crippen LogP) is 5.14. The first kappa shape index (κ1) is 24.2. The van der Waals surface area contributed by atoms with Gasteiger partial charge >= 0.3 is 6.18 Å². The fourth-order valence-corrected chi connectivity index (χ4v) is 4.53. The normalized spacial score (nSPS) is 19.5. The number of benzene rings is 2. The fraction of sp³-hybridized carbons (Fsp3) is 0.375. The summed E-state index contributed by atoms with van der Waals surface area (Å²) >= 11 is 6.00. The largest absolute Gasteiger partial charge is 0.416 e. The van der Waals surface area contributed by atoms with Crippen molar-refractivity contribution in [2.24, 2.45) is 5.92 Å². The molecule has 2 aromatic carbocycles. The second kappa shape index (κ2) is 10.6. The molecule has 34 heavy (non-hydrogen) atoms. The van der Waals surface area contributed by atoms with E-state index < -0.39 is 17.6 Å². The topological polar surface area (TPSA) is 82.7 Å². The number of carbonyl (C=O) groups is 1. The molecular formula is C24H25ClF3N5O. The Morgan fingerprint density at radius 2 is 1.85 bits per heavy atom. The summed E-state index contributed by atoms with van der Waals surface area (Å²) in [5.74, 6) is -0.170. The molecule has 1 aromatic heterocycles. The van der Waals surface area contributed by atoms with Gasteiger partial charge in [0, 0.05) is 6.04 Å². The van der Waals surface area contributed by atoms with E-state index in [1.165, 1.54) is 0 Å². The Kier molecular flexibility index (Phi) is 7.53. The van der Waals surface area contributed by atoms with Crippen molar-refractivity contribution in [1.82, 2.24) is 26.0 Å². The number of hydrogen-bond acceptors (Lipinski definition) is 4. The van der Waals surface area contributed by atoms with E-state index in [2.05, 4.69) is 26.0 Å². The Bertz CT molecular complexity index is 1080. The van der Waals surface area contributed by atoms with E-state index in [4.69, 9.17) is 11.6 Å². The van der Waals surface area contributed by atoms with Crippen LogP contribution < -0.4 is 10.6 Å². The van der Waals surface area contributed by atoms with E-state index in [0.29, 0.717) is 5.92 Å². The van der Waals surface area contributed by atoms with Crippen LogP contribution in [0.1, 0.15) is 58.9 Å². The van der Waals surface area contributed by atoms with Crippen molar-refractivity contribution in [2.45, 2.75) is 43.9 Å². The number of carbonyl (C=O) groups excluding carboxylic acids is 1. The van der Waals surface area contributed by atoms with Crippen molar-refractivity contribution in [3.63, 3.8) is 0 Å². The minimum atomic E-state index is -4.53. The van der Waals surface area contributed by atoms with Crippen molar-refractivity contribution in [3.8, 4) is 0 Å². The van der Waals surface area contributed by atoms with Gasteiger partial charge in [-0.05, 0) is 61.9 Å². The van der Waals surface area contributed by atoms with E-state index in [1.807, 2.05) is 30.3 Å². The van der Waals surface area contributed by atoms with Gasteiger partial charge in [-0.2, -0.15) is 28.6 Å². The van der Waals surface area contributed by atoms with Crippen molar-refractivity contribution in [3.05, 3.63) is 82.1 Å². The van der Waals surface area contributed by atoms with Gasteiger partial charge in [0.1, 0.15) is 5.69 Å². The summed E-state index contributed by atoms with van der Waals surface area (Å²) < 4.78 is 39.0. The third-order valence-corrected chi connectivity index (χ3v) is 6.52. The summed E-state index contributed by atoms with van der Waals surface area (Å²) in [6.45, 7) is 0.770. The number of H-pyrrole nitrogens is 1. The van der Waals surface area contributed by atoms with Gasteiger partial charge in [0.05, 0.1) is 28.4 Å². The molecule has 1 atom stereocenters. The lowest BCUT2D eigenvalue weighted by Crippen LogP contribution is -2.39. The molecule has 10 heteroatoms. The van der Waals surface area contributed by atoms with Crippen LogP contribution in [0.4, 0.5) is 13.2 Å². The number of alkyl halides is 3. The lowest BCUT2D eigenvalue weighted by molar-refractivity contribution is -0.137. The lowest BCUT2D eigenvalue weighted by atomic mass is 9.85. The average Bonchev–Trinajstić information content (AvgIpc) is 3.35. The van der Waals surface area contributed by atoms with Crippen LogP contribution >= 0.6 is 11.6 Å². The molecule has 1 heterocycles. The Morgan fingerprint density at radius 1 is 1.12 bits per heavy atom. The molecule has 0 bridgehead atoms. The molecule has 0 saturated heterocycles. The molecule has 0 spiro atoms. The number of hydrogen-bond donors (Lipinski definition) is 3. The third kappa shape index (κ3) is 5.95. The van der Waals surface area contributed by atoms with Gasteiger partial charge in [0.15, 0.2) is 0 Å². The maximum atomic E-state index is 13.0. The van der Waals surface area contributed by atoms with Gasteiger partial charge in [-0.15, -0.1) is 0 Å².